The number of rotatable bonds is 6. The summed E-state index contributed by atoms with van der Waals surface area (Å²) in [5.74, 6) is -2.61. The van der Waals surface area contributed by atoms with Gasteiger partial charge in [-0.05, 0) is 79.4 Å². The van der Waals surface area contributed by atoms with Crippen LogP contribution in [0.3, 0.4) is 0 Å². The summed E-state index contributed by atoms with van der Waals surface area (Å²) in [6.07, 6.45) is -1.73. The Morgan fingerprint density at radius 2 is 1.59 bits per heavy atom. The molecule has 1 aliphatic heterocycles. The van der Waals surface area contributed by atoms with Crippen molar-refractivity contribution in [1.29, 1.82) is 0 Å². The minimum absolute atomic E-state index is 0. The van der Waals surface area contributed by atoms with Gasteiger partial charge in [0.2, 0.25) is 0 Å². The molecule has 0 radical (unpaired) electrons. The summed E-state index contributed by atoms with van der Waals surface area (Å²) in [7, 11) is 0. The molecule has 2 heterocycles. The van der Waals surface area contributed by atoms with Crippen molar-refractivity contribution < 1.29 is 37.4 Å². The maximum absolute atomic E-state index is 13.5. The van der Waals surface area contributed by atoms with Gasteiger partial charge >= 0.3 is 12.1 Å². The number of hydrogen-bond acceptors (Lipinski definition) is 6. The maximum atomic E-state index is 13.5. The molecule has 0 atom stereocenters. The zero-order valence-electron chi connectivity index (χ0n) is 24.1. The fourth-order valence-corrected chi connectivity index (χ4v) is 4.16. The second-order valence-corrected chi connectivity index (χ2v) is 11.1. The minimum atomic E-state index is -5.08. The van der Waals surface area contributed by atoms with E-state index >= 15 is 0 Å². The van der Waals surface area contributed by atoms with E-state index in [4.69, 9.17) is 26.2 Å². The second-order valence-electron chi connectivity index (χ2n) is 10.6. The molecule has 1 fully saturated rings. The number of pyridine rings is 1. The number of halogens is 5. The van der Waals surface area contributed by atoms with Crippen molar-refractivity contribution in [3.63, 3.8) is 0 Å². The molecular formula is C30H33Cl2F3N4O5. The van der Waals surface area contributed by atoms with E-state index in [1.807, 2.05) is 12.1 Å². The van der Waals surface area contributed by atoms with Crippen LogP contribution >= 0.6 is 24.0 Å². The van der Waals surface area contributed by atoms with Crippen LogP contribution in [0.5, 0.6) is 5.75 Å². The van der Waals surface area contributed by atoms with Gasteiger partial charge in [0.05, 0.1) is 16.8 Å². The molecule has 4 N–H and O–H groups in total. The van der Waals surface area contributed by atoms with E-state index < -0.39 is 18.1 Å². The average Bonchev–Trinajstić information content (AvgIpc) is 2.94. The molecule has 238 valence electrons. The van der Waals surface area contributed by atoms with Crippen LogP contribution in [0.4, 0.5) is 24.7 Å². The second kappa shape index (κ2) is 15.7. The van der Waals surface area contributed by atoms with Gasteiger partial charge in [-0.2, -0.15) is 13.2 Å². The minimum Gasteiger partial charge on any atom is -0.489 e. The van der Waals surface area contributed by atoms with E-state index in [1.165, 1.54) is 6.07 Å². The van der Waals surface area contributed by atoms with E-state index in [1.54, 1.807) is 42.6 Å². The van der Waals surface area contributed by atoms with Gasteiger partial charge in [0.25, 0.3) is 11.8 Å². The Bertz CT molecular complexity index is 1440. The molecule has 9 nitrogen and oxygen atoms in total. The number of nitrogens with zero attached hydrogens (tertiary/aromatic N) is 1. The van der Waals surface area contributed by atoms with Crippen LogP contribution in [0.25, 0.3) is 0 Å². The fraction of sp³-hybridized carbons (Fsp3) is 0.333. The van der Waals surface area contributed by atoms with Gasteiger partial charge in [-0.25, -0.2) is 9.78 Å². The Labute approximate surface area is 264 Å². The molecule has 0 saturated carbocycles. The van der Waals surface area contributed by atoms with Gasteiger partial charge in [0.1, 0.15) is 17.7 Å². The molecular weight excluding hydrogens is 624 g/mol. The molecule has 2 aromatic carbocycles. The predicted molar refractivity (Wildman–Crippen MR) is 164 cm³/mol. The summed E-state index contributed by atoms with van der Waals surface area (Å²) in [5, 5.41) is 16.5. The highest BCUT2D eigenvalue weighted by molar-refractivity contribution is 6.31. The third kappa shape index (κ3) is 10.7. The number of amides is 2. The Morgan fingerprint density at radius 3 is 2.16 bits per heavy atom. The van der Waals surface area contributed by atoms with Crippen molar-refractivity contribution in [2.45, 2.75) is 51.3 Å². The molecule has 0 spiro atoms. The Balaban J connectivity index is 0.000000756. The monoisotopic (exact) mass is 656 g/mol. The van der Waals surface area contributed by atoms with Crippen LogP contribution in [-0.4, -0.2) is 53.2 Å². The number of carbonyl (C=O) groups is 3. The van der Waals surface area contributed by atoms with Crippen molar-refractivity contribution in [2.75, 3.05) is 23.7 Å². The molecule has 3 aromatic rings. The Hall–Kier alpha value is -3.87. The molecule has 2 amide bonds. The van der Waals surface area contributed by atoms with E-state index in [-0.39, 0.29) is 35.4 Å². The quantitative estimate of drug-likeness (QED) is 0.232. The van der Waals surface area contributed by atoms with Crippen LogP contribution in [0.15, 0.2) is 60.8 Å². The van der Waals surface area contributed by atoms with Crippen molar-refractivity contribution in [3.05, 3.63) is 82.5 Å². The number of carboxylic acids is 1. The predicted octanol–water partition coefficient (Wildman–Crippen LogP) is 6.72. The van der Waals surface area contributed by atoms with Crippen molar-refractivity contribution in [2.24, 2.45) is 0 Å². The first kappa shape index (κ1) is 36.3. The first-order chi connectivity index (χ1) is 20.1. The van der Waals surface area contributed by atoms with Gasteiger partial charge in [0.15, 0.2) is 0 Å². The van der Waals surface area contributed by atoms with Crippen molar-refractivity contribution in [1.82, 2.24) is 10.3 Å². The zero-order chi connectivity index (χ0) is 31.8. The fourth-order valence-electron chi connectivity index (χ4n) is 3.99. The van der Waals surface area contributed by atoms with Crippen molar-refractivity contribution in [3.8, 4) is 5.75 Å². The number of aliphatic carboxylic acids is 1. The van der Waals surface area contributed by atoms with Gasteiger partial charge in [-0.15, -0.1) is 12.4 Å². The van der Waals surface area contributed by atoms with Crippen LogP contribution in [0, 0.1) is 0 Å². The molecule has 4 rings (SSSR count). The standard InChI is InChI=1S/C28H31ClN4O3.C2HF3O2.ClH/c1-28(2,3)18-7-9-21(24(16-18)36-20-11-14-30-15-12-20)26(34)32-23-10-8-19(29)17-22(23)27(35)33-25-6-4-5-13-31-25;3-2(4,5)1(6)7;/h4-10,13,16-17,20,30H,11-12,14-15H2,1-3H3,(H,32,34)(H,31,33,35);(H,6,7);1H. The zero-order valence-corrected chi connectivity index (χ0v) is 25.7. The number of benzene rings is 2. The summed E-state index contributed by atoms with van der Waals surface area (Å²) in [6.45, 7) is 8.12. The first-order valence-corrected chi connectivity index (χ1v) is 13.7. The number of ether oxygens (including phenoxy) is 1. The summed E-state index contributed by atoms with van der Waals surface area (Å²) in [6, 6.07) is 15.7. The summed E-state index contributed by atoms with van der Waals surface area (Å²) in [5.41, 5.74) is 1.95. The van der Waals surface area contributed by atoms with Gasteiger partial charge in [-0.3, -0.25) is 9.59 Å². The lowest BCUT2D eigenvalue weighted by molar-refractivity contribution is -0.192. The molecule has 44 heavy (non-hydrogen) atoms. The number of alkyl halides is 3. The Morgan fingerprint density at radius 1 is 0.955 bits per heavy atom. The summed E-state index contributed by atoms with van der Waals surface area (Å²) >= 11 is 6.18. The third-order valence-electron chi connectivity index (χ3n) is 6.30. The van der Waals surface area contributed by atoms with E-state index in [2.05, 4.69) is 41.7 Å². The van der Waals surface area contributed by atoms with Crippen LogP contribution in [-0.2, 0) is 10.2 Å². The van der Waals surface area contributed by atoms with E-state index in [0.717, 1.165) is 31.5 Å². The number of hydrogen-bond donors (Lipinski definition) is 4. The molecule has 1 aliphatic rings. The van der Waals surface area contributed by atoms with E-state index in [9.17, 15) is 22.8 Å². The SMILES string of the molecule is CC(C)(C)c1ccc(C(=O)Nc2ccc(Cl)cc2C(=O)Nc2ccccn2)c(OC2CCNCC2)c1.Cl.O=C(O)C(F)(F)F. The molecule has 1 aromatic heterocycles. The lowest BCUT2D eigenvalue weighted by atomic mass is 9.86. The van der Waals surface area contributed by atoms with Crippen molar-refractivity contribution >= 4 is 53.3 Å². The highest BCUT2D eigenvalue weighted by Gasteiger charge is 2.38. The number of nitrogens with one attached hydrogen (secondary N) is 3. The normalized spacial score (nSPS) is 13.4. The number of carboxylic acid groups (broad SMARTS) is 1. The molecule has 0 aliphatic carbocycles. The average molecular weight is 658 g/mol. The lowest BCUT2D eigenvalue weighted by Crippen LogP contribution is -2.34. The third-order valence-corrected chi connectivity index (χ3v) is 6.53. The lowest BCUT2D eigenvalue weighted by Gasteiger charge is -2.27. The molecule has 0 bridgehead atoms. The van der Waals surface area contributed by atoms with Crippen LogP contribution in [0.2, 0.25) is 5.02 Å². The largest absolute Gasteiger partial charge is 0.490 e. The summed E-state index contributed by atoms with van der Waals surface area (Å²) < 4.78 is 38.1. The first-order valence-electron chi connectivity index (χ1n) is 13.3. The molecule has 1 saturated heterocycles. The number of anilines is 2. The number of piperidine rings is 1. The highest BCUT2D eigenvalue weighted by Crippen LogP contribution is 2.31. The number of carbonyl (C=O) groups excluding carboxylic acids is 2. The summed E-state index contributed by atoms with van der Waals surface area (Å²) in [4.78, 5) is 39.5. The van der Waals surface area contributed by atoms with Gasteiger partial charge in [-0.1, -0.05) is 44.5 Å². The van der Waals surface area contributed by atoms with Crippen LogP contribution < -0.4 is 20.7 Å². The van der Waals surface area contributed by atoms with Crippen LogP contribution in [0.1, 0.15) is 59.9 Å². The Kier molecular flexibility index (Phi) is 13.0. The smallest absolute Gasteiger partial charge is 0.489 e. The van der Waals surface area contributed by atoms with Gasteiger partial charge < -0.3 is 25.8 Å². The van der Waals surface area contributed by atoms with Gasteiger partial charge in [0, 0.05) is 11.2 Å². The topological polar surface area (TPSA) is 130 Å². The molecule has 0 unspecified atom stereocenters. The molecule has 14 heteroatoms. The highest BCUT2D eigenvalue weighted by atomic mass is 35.5. The maximum Gasteiger partial charge on any atom is 0.490 e. The number of aromatic nitrogens is 1. The van der Waals surface area contributed by atoms with E-state index in [0.29, 0.717) is 27.8 Å².